The molecule has 1 aromatic carbocycles. The number of rotatable bonds is 6. The Morgan fingerprint density at radius 2 is 1.70 bits per heavy atom. The first kappa shape index (κ1) is 14.5. The van der Waals surface area contributed by atoms with Crippen LogP contribution in [0.4, 0.5) is 0 Å². The fourth-order valence-corrected chi connectivity index (χ4v) is 2.15. The van der Waals surface area contributed by atoms with Crippen LogP contribution in [-0.4, -0.2) is 23.6 Å². The van der Waals surface area contributed by atoms with Crippen LogP contribution in [0.2, 0.25) is 0 Å². The van der Waals surface area contributed by atoms with Gasteiger partial charge >= 0.3 is 0 Å². The summed E-state index contributed by atoms with van der Waals surface area (Å²) in [5.41, 5.74) is 3.31. The van der Waals surface area contributed by atoms with Gasteiger partial charge in [-0.3, -0.25) is 0 Å². The second kappa shape index (κ2) is 7.01. The van der Waals surface area contributed by atoms with Crippen LogP contribution in [0, 0.1) is 13.8 Å². The smallest absolute Gasteiger partial charge is 0.166 e. The van der Waals surface area contributed by atoms with E-state index in [1.807, 2.05) is 51.2 Å². The predicted molar refractivity (Wildman–Crippen MR) is 79.9 cm³/mol. The Balaban J connectivity index is 2.06. The molecule has 0 bridgehead atoms. The van der Waals surface area contributed by atoms with Crippen molar-refractivity contribution in [1.29, 1.82) is 0 Å². The molecule has 2 rings (SSSR count). The summed E-state index contributed by atoms with van der Waals surface area (Å²) in [6, 6.07) is 9.73. The summed E-state index contributed by atoms with van der Waals surface area (Å²) >= 11 is 0. The van der Waals surface area contributed by atoms with Crippen LogP contribution < -0.4 is 10.1 Å². The molecular weight excluding hydrogens is 250 g/mol. The van der Waals surface area contributed by atoms with Gasteiger partial charge in [0.2, 0.25) is 0 Å². The number of ether oxygens (including phenoxy) is 1. The number of likely N-dealkylation sites (N-methyl/N-ethyl adjacent to an activating group) is 1. The van der Waals surface area contributed by atoms with Gasteiger partial charge in [-0.15, -0.1) is 0 Å². The van der Waals surface area contributed by atoms with Crippen molar-refractivity contribution >= 4 is 0 Å². The number of aromatic nitrogens is 2. The summed E-state index contributed by atoms with van der Waals surface area (Å²) < 4.78 is 5.69. The van der Waals surface area contributed by atoms with E-state index in [0.717, 1.165) is 35.9 Å². The Labute approximate surface area is 120 Å². The van der Waals surface area contributed by atoms with Gasteiger partial charge in [0.15, 0.2) is 5.82 Å². The maximum atomic E-state index is 5.69. The molecule has 0 aliphatic carbocycles. The van der Waals surface area contributed by atoms with Crippen LogP contribution in [0.5, 0.6) is 5.75 Å². The van der Waals surface area contributed by atoms with Gasteiger partial charge < -0.3 is 10.1 Å². The van der Waals surface area contributed by atoms with E-state index in [2.05, 4.69) is 15.3 Å². The van der Waals surface area contributed by atoms with Crippen LogP contribution in [0.3, 0.4) is 0 Å². The number of benzene rings is 1. The molecular formula is C16H21N3O. The van der Waals surface area contributed by atoms with Crippen molar-refractivity contribution in [2.45, 2.75) is 26.9 Å². The third-order valence-corrected chi connectivity index (χ3v) is 3.20. The molecule has 0 aliphatic rings. The minimum atomic E-state index is 0.401. The number of nitrogens with zero attached hydrogens (tertiary/aromatic N) is 2. The minimum absolute atomic E-state index is 0.401. The molecule has 1 aromatic heterocycles. The summed E-state index contributed by atoms with van der Waals surface area (Å²) in [7, 11) is 1.95. The quantitative estimate of drug-likeness (QED) is 0.876. The van der Waals surface area contributed by atoms with E-state index >= 15 is 0 Å². The number of hydrogen-bond donors (Lipinski definition) is 1. The summed E-state index contributed by atoms with van der Waals surface area (Å²) in [4.78, 5) is 9.08. The van der Waals surface area contributed by atoms with E-state index in [9.17, 15) is 0 Å². The highest BCUT2D eigenvalue weighted by Crippen LogP contribution is 2.13. The maximum absolute atomic E-state index is 5.69. The molecule has 106 valence electrons. The van der Waals surface area contributed by atoms with E-state index in [-0.39, 0.29) is 0 Å². The normalized spacial score (nSPS) is 10.6. The zero-order chi connectivity index (χ0) is 14.4. The SMILES string of the molecule is CNCCc1c(C)nc(COc2ccccc2)nc1C. The number of para-hydroxylation sites is 1. The van der Waals surface area contributed by atoms with E-state index in [0.29, 0.717) is 6.61 Å². The van der Waals surface area contributed by atoms with E-state index in [1.54, 1.807) is 0 Å². The molecule has 0 atom stereocenters. The van der Waals surface area contributed by atoms with Gasteiger partial charge in [-0.1, -0.05) is 18.2 Å². The first-order valence-corrected chi connectivity index (χ1v) is 6.86. The molecule has 4 heteroatoms. The second-order valence-electron chi connectivity index (χ2n) is 4.74. The first-order chi connectivity index (χ1) is 9.70. The molecule has 1 N–H and O–H groups in total. The second-order valence-corrected chi connectivity index (χ2v) is 4.74. The third kappa shape index (κ3) is 3.78. The van der Waals surface area contributed by atoms with Crippen LogP contribution >= 0.6 is 0 Å². The molecule has 0 fully saturated rings. The molecule has 0 amide bonds. The number of aryl methyl sites for hydroxylation is 2. The largest absolute Gasteiger partial charge is 0.486 e. The van der Waals surface area contributed by atoms with Gasteiger partial charge in [-0.2, -0.15) is 0 Å². The summed E-state index contributed by atoms with van der Waals surface area (Å²) in [5.74, 6) is 1.57. The zero-order valence-electron chi connectivity index (χ0n) is 12.3. The number of hydrogen-bond acceptors (Lipinski definition) is 4. The maximum Gasteiger partial charge on any atom is 0.166 e. The van der Waals surface area contributed by atoms with Crippen LogP contribution in [0.15, 0.2) is 30.3 Å². The Morgan fingerprint density at radius 1 is 1.05 bits per heavy atom. The van der Waals surface area contributed by atoms with Crippen LogP contribution in [0.25, 0.3) is 0 Å². The number of nitrogens with one attached hydrogen (secondary N) is 1. The fourth-order valence-electron chi connectivity index (χ4n) is 2.15. The van der Waals surface area contributed by atoms with Gasteiger partial charge in [-0.05, 0) is 51.6 Å². The van der Waals surface area contributed by atoms with Gasteiger partial charge in [0, 0.05) is 11.4 Å². The first-order valence-electron chi connectivity index (χ1n) is 6.86. The van der Waals surface area contributed by atoms with Crippen molar-refractivity contribution in [3.05, 3.63) is 53.1 Å². The van der Waals surface area contributed by atoms with Crippen molar-refractivity contribution in [1.82, 2.24) is 15.3 Å². The predicted octanol–water partition coefficient (Wildman–Crippen LogP) is 2.43. The van der Waals surface area contributed by atoms with E-state index in [1.165, 1.54) is 5.56 Å². The lowest BCUT2D eigenvalue weighted by molar-refractivity contribution is 0.295. The molecule has 0 radical (unpaired) electrons. The monoisotopic (exact) mass is 271 g/mol. The van der Waals surface area contributed by atoms with Crippen molar-refractivity contribution in [2.75, 3.05) is 13.6 Å². The minimum Gasteiger partial charge on any atom is -0.486 e. The third-order valence-electron chi connectivity index (χ3n) is 3.20. The Kier molecular flexibility index (Phi) is 5.07. The summed E-state index contributed by atoms with van der Waals surface area (Å²) in [6.45, 7) is 5.40. The molecule has 0 aliphatic heterocycles. The fraction of sp³-hybridized carbons (Fsp3) is 0.375. The van der Waals surface area contributed by atoms with Gasteiger partial charge in [0.1, 0.15) is 12.4 Å². The molecule has 4 nitrogen and oxygen atoms in total. The van der Waals surface area contributed by atoms with Crippen molar-refractivity contribution in [3.63, 3.8) is 0 Å². The lowest BCUT2D eigenvalue weighted by atomic mass is 10.1. The summed E-state index contributed by atoms with van der Waals surface area (Å²) in [5, 5.41) is 3.15. The van der Waals surface area contributed by atoms with Gasteiger partial charge in [-0.25, -0.2) is 9.97 Å². The average Bonchev–Trinajstić information content (AvgIpc) is 2.45. The molecule has 0 saturated carbocycles. The lowest BCUT2D eigenvalue weighted by Crippen LogP contribution is -2.14. The Hall–Kier alpha value is -1.94. The lowest BCUT2D eigenvalue weighted by Gasteiger charge is -2.11. The van der Waals surface area contributed by atoms with Crippen molar-refractivity contribution in [3.8, 4) is 5.75 Å². The molecule has 0 saturated heterocycles. The molecule has 0 unspecified atom stereocenters. The van der Waals surface area contributed by atoms with E-state index in [4.69, 9.17) is 4.74 Å². The van der Waals surface area contributed by atoms with Gasteiger partial charge in [0.05, 0.1) is 0 Å². The van der Waals surface area contributed by atoms with E-state index < -0.39 is 0 Å². The molecule has 2 aromatic rings. The zero-order valence-corrected chi connectivity index (χ0v) is 12.3. The Morgan fingerprint density at radius 3 is 2.30 bits per heavy atom. The highest BCUT2D eigenvalue weighted by Gasteiger charge is 2.08. The van der Waals surface area contributed by atoms with Crippen LogP contribution in [0.1, 0.15) is 22.8 Å². The summed E-state index contributed by atoms with van der Waals surface area (Å²) in [6.07, 6.45) is 0.952. The molecule has 1 heterocycles. The van der Waals surface area contributed by atoms with Crippen LogP contribution in [-0.2, 0) is 13.0 Å². The average molecular weight is 271 g/mol. The van der Waals surface area contributed by atoms with Gasteiger partial charge in [0.25, 0.3) is 0 Å². The van der Waals surface area contributed by atoms with Crippen molar-refractivity contribution in [2.24, 2.45) is 0 Å². The topological polar surface area (TPSA) is 47.0 Å². The highest BCUT2D eigenvalue weighted by atomic mass is 16.5. The van der Waals surface area contributed by atoms with Crippen molar-refractivity contribution < 1.29 is 4.74 Å². The molecule has 0 spiro atoms. The highest BCUT2D eigenvalue weighted by molar-refractivity contribution is 5.25. The molecule has 20 heavy (non-hydrogen) atoms. The standard InChI is InChI=1S/C16H21N3O/c1-12-15(9-10-17-3)13(2)19-16(18-12)11-20-14-7-5-4-6-8-14/h4-8,17H,9-11H2,1-3H3. The Bertz CT molecular complexity index is 532.